The van der Waals surface area contributed by atoms with Gasteiger partial charge in [-0.05, 0) is 97.5 Å². The van der Waals surface area contributed by atoms with E-state index in [9.17, 15) is 0 Å². The standard InChI is InChI=1S/C48H50B2N4/c1-27-19-29(3)41(30(4)20-27)49-35-15-13-17-39-43(35)53(45-37(49)23-33(25-51-45)47(7,8)9)40-18-14-16-36-44(40)54(39)46-38(24-34(26-52-46)48(10,11)12)50(36)42-31(5)21-28(2)22-32(42)6/h13-26H,1-12H3. The van der Waals surface area contributed by atoms with Crippen LogP contribution in [0, 0.1) is 41.5 Å². The molecule has 3 aliphatic rings. The first-order valence-corrected chi connectivity index (χ1v) is 19.6. The molecule has 0 saturated heterocycles. The molecule has 0 spiro atoms. The van der Waals surface area contributed by atoms with E-state index in [1.165, 1.54) is 88.7 Å². The molecule has 4 aromatic carbocycles. The number of hydrogen-bond acceptors (Lipinski definition) is 4. The molecule has 5 heterocycles. The third kappa shape index (κ3) is 4.98. The van der Waals surface area contributed by atoms with Crippen LogP contribution in [0.25, 0.3) is 0 Å². The van der Waals surface area contributed by atoms with E-state index in [4.69, 9.17) is 9.97 Å². The van der Waals surface area contributed by atoms with Gasteiger partial charge in [0.05, 0.1) is 22.7 Å². The Bertz CT molecular complexity index is 2350. The van der Waals surface area contributed by atoms with Gasteiger partial charge in [0.15, 0.2) is 0 Å². The van der Waals surface area contributed by atoms with E-state index in [1.807, 2.05) is 0 Å². The highest BCUT2D eigenvalue weighted by Crippen LogP contribution is 2.54. The average molecular weight is 705 g/mol. The maximum atomic E-state index is 5.45. The highest BCUT2D eigenvalue weighted by Gasteiger charge is 2.48. The van der Waals surface area contributed by atoms with Crippen LogP contribution >= 0.6 is 0 Å². The molecule has 0 bridgehead atoms. The van der Waals surface area contributed by atoms with Gasteiger partial charge in [-0.25, -0.2) is 9.97 Å². The first-order chi connectivity index (χ1) is 25.5. The van der Waals surface area contributed by atoms with Crippen molar-refractivity contribution in [3.05, 3.63) is 130 Å². The minimum absolute atomic E-state index is 0.0254. The summed E-state index contributed by atoms with van der Waals surface area (Å²) in [5.41, 5.74) is 22.9. The van der Waals surface area contributed by atoms with Gasteiger partial charge in [-0.3, -0.25) is 9.80 Å². The number of nitrogens with zero attached hydrogens (tertiary/aromatic N) is 4. The predicted octanol–water partition coefficient (Wildman–Crippen LogP) is 7.83. The van der Waals surface area contributed by atoms with Crippen LogP contribution < -0.4 is 42.6 Å². The Morgan fingerprint density at radius 2 is 0.815 bits per heavy atom. The smallest absolute Gasteiger partial charge is 0.249 e. The summed E-state index contributed by atoms with van der Waals surface area (Å²) in [5.74, 6) is 2.03. The second-order valence-electron chi connectivity index (χ2n) is 18.4. The van der Waals surface area contributed by atoms with E-state index in [2.05, 4.69) is 178 Å². The maximum absolute atomic E-state index is 5.45. The minimum atomic E-state index is -0.0467. The van der Waals surface area contributed by atoms with Crippen molar-refractivity contribution in [2.24, 2.45) is 0 Å². The molecule has 0 saturated carbocycles. The zero-order valence-electron chi connectivity index (χ0n) is 34.0. The molecule has 6 heteroatoms. The lowest BCUT2D eigenvalue weighted by atomic mass is 9.33. The van der Waals surface area contributed by atoms with Crippen molar-refractivity contribution in [2.45, 2.75) is 93.9 Å². The van der Waals surface area contributed by atoms with Crippen LogP contribution in [0.1, 0.15) is 86.1 Å². The molecule has 4 nitrogen and oxygen atoms in total. The zero-order valence-corrected chi connectivity index (χ0v) is 34.0. The molecule has 0 N–H and O–H groups in total. The van der Waals surface area contributed by atoms with Gasteiger partial charge in [-0.1, -0.05) is 147 Å². The largest absolute Gasteiger partial charge is 0.292 e. The van der Waals surface area contributed by atoms with Crippen LogP contribution in [-0.4, -0.2) is 23.4 Å². The highest BCUT2D eigenvalue weighted by atomic mass is 15.3. The van der Waals surface area contributed by atoms with Gasteiger partial charge in [0.1, 0.15) is 11.6 Å². The molecule has 0 unspecified atom stereocenters. The van der Waals surface area contributed by atoms with Gasteiger partial charge < -0.3 is 0 Å². The Balaban J connectivity index is 1.40. The summed E-state index contributed by atoms with van der Waals surface area (Å²) in [6, 6.07) is 28.2. The van der Waals surface area contributed by atoms with E-state index in [-0.39, 0.29) is 24.3 Å². The fourth-order valence-electron chi connectivity index (χ4n) is 9.91. The van der Waals surface area contributed by atoms with Crippen molar-refractivity contribution in [3.63, 3.8) is 0 Å². The highest BCUT2D eigenvalue weighted by molar-refractivity contribution is 6.99. The van der Waals surface area contributed by atoms with Crippen LogP contribution in [0.5, 0.6) is 0 Å². The molecule has 6 aromatic rings. The number of aryl methyl sites for hydroxylation is 6. The lowest BCUT2D eigenvalue weighted by Gasteiger charge is -2.48. The van der Waals surface area contributed by atoms with Gasteiger partial charge >= 0.3 is 0 Å². The number of benzene rings is 4. The molecule has 0 atom stereocenters. The first-order valence-electron chi connectivity index (χ1n) is 19.6. The normalized spacial score (nSPS) is 14.1. The van der Waals surface area contributed by atoms with Crippen molar-refractivity contribution in [1.29, 1.82) is 0 Å². The van der Waals surface area contributed by atoms with Crippen LogP contribution in [0.15, 0.2) is 85.2 Å². The molecule has 0 fully saturated rings. The van der Waals surface area contributed by atoms with Gasteiger partial charge in [-0.2, -0.15) is 0 Å². The van der Waals surface area contributed by atoms with E-state index in [1.54, 1.807) is 0 Å². The number of fused-ring (bicyclic) bond motifs is 6. The summed E-state index contributed by atoms with van der Waals surface area (Å²) in [6.07, 6.45) is 4.24. The Morgan fingerprint density at radius 3 is 1.15 bits per heavy atom. The first kappa shape index (κ1) is 34.7. The van der Waals surface area contributed by atoms with Crippen LogP contribution in [-0.2, 0) is 10.8 Å². The van der Waals surface area contributed by atoms with E-state index in [0.717, 1.165) is 23.0 Å². The third-order valence-corrected chi connectivity index (χ3v) is 12.3. The molecular weight excluding hydrogens is 654 g/mol. The van der Waals surface area contributed by atoms with E-state index in [0.29, 0.717) is 0 Å². The summed E-state index contributed by atoms with van der Waals surface area (Å²) >= 11 is 0. The molecular formula is C48H50B2N4. The van der Waals surface area contributed by atoms with Crippen LogP contribution in [0.2, 0.25) is 0 Å². The molecule has 0 amide bonds. The van der Waals surface area contributed by atoms with Gasteiger partial charge in [0.25, 0.3) is 0 Å². The van der Waals surface area contributed by atoms with Gasteiger partial charge in [0.2, 0.25) is 13.4 Å². The van der Waals surface area contributed by atoms with Crippen molar-refractivity contribution in [1.82, 2.24) is 9.97 Å². The molecule has 0 radical (unpaired) electrons. The molecule has 2 aromatic heterocycles. The summed E-state index contributed by atoms with van der Waals surface area (Å²) in [4.78, 5) is 15.9. The molecule has 54 heavy (non-hydrogen) atoms. The summed E-state index contributed by atoms with van der Waals surface area (Å²) in [5, 5.41) is 0. The summed E-state index contributed by atoms with van der Waals surface area (Å²) < 4.78 is 0. The minimum Gasteiger partial charge on any atom is -0.292 e. The number of para-hydroxylation sites is 2. The second kappa shape index (κ2) is 11.7. The Hall–Kier alpha value is -5.09. The summed E-state index contributed by atoms with van der Waals surface area (Å²) in [6.45, 7) is 27.3. The molecule has 0 aliphatic carbocycles. The number of aromatic nitrogens is 2. The van der Waals surface area contributed by atoms with Crippen molar-refractivity contribution in [2.75, 3.05) is 9.80 Å². The zero-order chi connectivity index (χ0) is 38.2. The summed E-state index contributed by atoms with van der Waals surface area (Å²) in [7, 11) is 0. The predicted molar refractivity (Wildman–Crippen MR) is 233 cm³/mol. The fourth-order valence-corrected chi connectivity index (χ4v) is 9.91. The van der Waals surface area contributed by atoms with E-state index < -0.39 is 0 Å². The monoisotopic (exact) mass is 704 g/mol. The Labute approximate surface area is 322 Å². The quantitative estimate of drug-likeness (QED) is 0.172. The maximum Gasteiger partial charge on any atom is 0.249 e. The van der Waals surface area contributed by atoms with Crippen LogP contribution in [0.3, 0.4) is 0 Å². The number of hydrogen-bond donors (Lipinski definition) is 0. The SMILES string of the molecule is Cc1cc(C)c(B2c3cc(C(C)(C)C)cnc3N3c4cccc5c4N(c4cccc2c43)c2ncc(C(C)(C)C)cc2B5c2c(C)cc(C)cc2C)c(C)c1. The van der Waals surface area contributed by atoms with Gasteiger partial charge in [-0.15, -0.1) is 0 Å². The molecule has 9 rings (SSSR count). The third-order valence-electron chi connectivity index (χ3n) is 12.3. The Morgan fingerprint density at radius 1 is 0.463 bits per heavy atom. The number of anilines is 6. The molecule has 3 aliphatic heterocycles. The lowest BCUT2D eigenvalue weighted by molar-refractivity contribution is 0.587. The van der Waals surface area contributed by atoms with Crippen LogP contribution in [0.4, 0.5) is 34.4 Å². The van der Waals surface area contributed by atoms with E-state index >= 15 is 0 Å². The lowest BCUT2D eigenvalue weighted by Crippen LogP contribution is -2.62. The fraction of sp³-hybridized carbons (Fsp3) is 0.292. The van der Waals surface area contributed by atoms with Crippen molar-refractivity contribution in [3.8, 4) is 0 Å². The van der Waals surface area contributed by atoms with Crippen molar-refractivity contribution < 1.29 is 0 Å². The Kier molecular flexibility index (Phi) is 7.51. The van der Waals surface area contributed by atoms with Gasteiger partial charge in [0, 0.05) is 12.4 Å². The average Bonchev–Trinajstić information content (AvgIpc) is 3.09. The second-order valence-corrected chi connectivity index (χ2v) is 18.4. The topological polar surface area (TPSA) is 32.3 Å². The molecule has 268 valence electrons. The van der Waals surface area contributed by atoms with Crippen molar-refractivity contribution >= 4 is 80.6 Å². The number of rotatable bonds is 2. The number of pyridine rings is 2.